The van der Waals surface area contributed by atoms with Crippen molar-refractivity contribution in [1.82, 2.24) is 5.32 Å². The minimum absolute atomic E-state index is 0.0987. The minimum Gasteiger partial charge on any atom is -0.410 e. The summed E-state index contributed by atoms with van der Waals surface area (Å²) in [4.78, 5) is 21.8. The van der Waals surface area contributed by atoms with Gasteiger partial charge in [0.1, 0.15) is 5.75 Å². The molecule has 108 valence electrons. The molecule has 21 heavy (non-hydrogen) atoms. The monoisotopic (exact) mass is 350 g/mol. The molecular formula is C14H11BrN2O4. The first-order chi connectivity index (χ1) is 10.0. The van der Waals surface area contributed by atoms with Crippen LogP contribution in [0.2, 0.25) is 0 Å². The van der Waals surface area contributed by atoms with Gasteiger partial charge in [-0.1, -0.05) is 46.3 Å². The van der Waals surface area contributed by atoms with Gasteiger partial charge in [-0.2, -0.15) is 0 Å². The Balaban J connectivity index is 1.98. The molecule has 0 bridgehead atoms. The summed E-state index contributed by atoms with van der Waals surface area (Å²) >= 11 is 3.13. The number of halogens is 1. The second kappa shape index (κ2) is 6.85. The smallest absolute Gasteiger partial charge is 0.410 e. The molecule has 7 heteroatoms. The molecule has 0 aliphatic carbocycles. The first kappa shape index (κ1) is 15.0. The van der Waals surface area contributed by atoms with Crippen LogP contribution in [-0.2, 0) is 6.54 Å². The van der Waals surface area contributed by atoms with Gasteiger partial charge in [-0.25, -0.2) is 4.79 Å². The summed E-state index contributed by atoms with van der Waals surface area (Å²) in [6.45, 7) is 0.315. The number of rotatable bonds is 4. The number of nitrogens with one attached hydrogen (secondary N) is 1. The SMILES string of the molecule is O=C(NCc1ccccc1)Oc1cc(Br)cc([N+](=O)[O-])c1. The number of nitro benzene ring substituents is 1. The minimum atomic E-state index is -0.675. The van der Waals surface area contributed by atoms with E-state index in [0.29, 0.717) is 11.0 Å². The van der Waals surface area contributed by atoms with Gasteiger partial charge in [-0.15, -0.1) is 0 Å². The lowest BCUT2D eigenvalue weighted by atomic mass is 10.2. The van der Waals surface area contributed by atoms with Crippen molar-refractivity contribution >= 4 is 27.7 Å². The molecule has 0 saturated carbocycles. The van der Waals surface area contributed by atoms with Crippen LogP contribution in [0.25, 0.3) is 0 Å². The third-order valence-electron chi connectivity index (χ3n) is 2.56. The average Bonchev–Trinajstić information content (AvgIpc) is 2.45. The van der Waals surface area contributed by atoms with E-state index in [1.807, 2.05) is 30.3 Å². The number of nitro groups is 1. The maximum absolute atomic E-state index is 11.7. The Morgan fingerprint density at radius 3 is 2.62 bits per heavy atom. The summed E-state index contributed by atoms with van der Waals surface area (Å²) in [5, 5.41) is 13.3. The third-order valence-corrected chi connectivity index (χ3v) is 3.01. The predicted molar refractivity (Wildman–Crippen MR) is 80.1 cm³/mol. The second-order valence-electron chi connectivity index (χ2n) is 4.13. The summed E-state index contributed by atoms with van der Waals surface area (Å²) in [5.41, 5.74) is 0.768. The molecule has 1 amide bonds. The van der Waals surface area contributed by atoms with Crippen LogP contribution in [0.1, 0.15) is 5.56 Å². The molecular weight excluding hydrogens is 340 g/mol. The topological polar surface area (TPSA) is 81.5 Å². The molecule has 1 N–H and O–H groups in total. The first-order valence-corrected chi connectivity index (χ1v) is 6.78. The van der Waals surface area contributed by atoms with Gasteiger partial charge >= 0.3 is 6.09 Å². The van der Waals surface area contributed by atoms with E-state index < -0.39 is 11.0 Å². The number of benzene rings is 2. The largest absolute Gasteiger partial charge is 0.412 e. The summed E-state index contributed by atoms with van der Waals surface area (Å²) in [5.74, 6) is 0.0987. The Bertz CT molecular complexity index is 661. The fraction of sp³-hybridized carbons (Fsp3) is 0.0714. The fourth-order valence-corrected chi connectivity index (χ4v) is 2.09. The van der Waals surface area contributed by atoms with Crippen LogP contribution >= 0.6 is 15.9 Å². The van der Waals surface area contributed by atoms with Gasteiger partial charge in [0.15, 0.2) is 0 Å². The Morgan fingerprint density at radius 1 is 1.24 bits per heavy atom. The van der Waals surface area contributed by atoms with Gasteiger partial charge in [0.2, 0.25) is 0 Å². The van der Waals surface area contributed by atoms with E-state index in [2.05, 4.69) is 21.2 Å². The highest BCUT2D eigenvalue weighted by Gasteiger charge is 2.12. The van der Waals surface area contributed by atoms with E-state index in [0.717, 1.165) is 5.56 Å². The van der Waals surface area contributed by atoms with Crippen LogP contribution in [0.15, 0.2) is 53.0 Å². The molecule has 2 aromatic carbocycles. The normalized spacial score (nSPS) is 9.95. The lowest BCUT2D eigenvalue weighted by Gasteiger charge is -2.07. The third kappa shape index (κ3) is 4.57. The van der Waals surface area contributed by atoms with Crippen molar-refractivity contribution in [1.29, 1.82) is 0 Å². The zero-order valence-corrected chi connectivity index (χ0v) is 12.4. The summed E-state index contributed by atoms with van der Waals surface area (Å²) in [6.07, 6.45) is -0.675. The average molecular weight is 351 g/mol. The van der Waals surface area contributed by atoms with Crippen LogP contribution in [-0.4, -0.2) is 11.0 Å². The standard InChI is InChI=1S/C14H11BrN2O4/c15-11-6-12(17(19)20)8-13(7-11)21-14(18)16-9-10-4-2-1-3-5-10/h1-8H,9H2,(H,16,18). The van der Waals surface area contributed by atoms with Crippen LogP contribution in [0.3, 0.4) is 0 Å². The second-order valence-corrected chi connectivity index (χ2v) is 5.05. The van der Waals surface area contributed by atoms with E-state index in [1.54, 1.807) is 0 Å². The van der Waals surface area contributed by atoms with Crippen LogP contribution < -0.4 is 10.1 Å². The summed E-state index contributed by atoms with van der Waals surface area (Å²) < 4.78 is 5.48. The number of carbonyl (C=O) groups is 1. The quantitative estimate of drug-likeness (QED) is 0.673. The van der Waals surface area contributed by atoms with Gasteiger partial charge in [0.05, 0.1) is 11.0 Å². The maximum atomic E-state index is 11.7. The number of amides is 1. The van der Waals surface area contributed by atoms with Gasteiger partial charge in [0, 0.05) is 17.1 Å². The van der Waals surface area contributed by atoms with Crippen molar-refractivity contribution < 1.29 is 14.5 Å². The van der Waals surface area contributed by atoms with Gasteiger partial charge < -0.3 is 10.1 Å². The van der Waals surface area contributed by atoms with Crippen molar-refractivity contribution in [2.45, 2.75) is 6.54 Å². The number of non-ortho nitro benzene ring substituents is 1. The Hall–Kier alpha value is -2.41. The number of hydrogen-bond donors (Lipinski definition) is 1. The molecule has 0 heterocycles. The molecule has 0 aromatic heterocycles. The molecule has 0 atom stereocenters. The Morgan fingerprint density at radius 2 is 1.95 bits per heavy atom. The van der Waals surface area contributed by atoms with Gasteiger partial charge in [0.25, 0.3) is 5.69 Å². The molecule has 0 radical (unpaired) electrons. The Labute approximate surface area is 129 Å². The van der Waals surface area contributed by atoms with E-state index in [9.17, 15) is 14.9 Å². The van der Waals surface area contributed by atoms with E-state index in [4.69, 9.17) is 4.74 Å². The van der Waals surface area contributed by atoms with Gasteiger partial charge in [-0.3, -0.25) is 10.1 Å². The zero-order valence-electron chi connectivity index (χ0n) is 10.8. The van der Waals surface area contributed by atoms with E-state index in [-0.39, 0.29) is 11.4 Å². The number of carbonyl (C=O) groups excluding carboxylic acids is 1. The highest BCUT2D eigenvalue weighted by molar-refractivity contribution is 9.10. The lowest BCUT2D eigenvalue weighted by molar-refractivity contribution is -0.385. The molecule has 6 nitrogen and oxygen atoms in total. The number of nitrogens with zero attached hydrogens (tertiary/aromatic N) is 1. The Kier molecular flexibility index (Phi) is 4.89. The molecule has 0 aliphatic heterocycles. The number of ether oxygens (including phenoxy) is 1. The molecule has 2 aromatic rings. The summed E-state index contributed by atoms with van der Waals surface area (Å²) in [7, 11) is 0. The molecule has 0 saturated heterocycles. The van der Waals surface area contributed by atoms with Crippen molar-refractivity contribution in [3.63, 3.8) is 0 Å². The van der Waals surface area contributed by atoms with Crippen LogP contribution in [0.4, 0.5) is 10.5 Å². The first-order valence-electron chi connectivity index (χ1n) is 5.99. The lowest BCUT2D eigenvalue weighted by Crippen LogP contribution is -2.26. The van der Waals surface area contributed by atoms with Crippen LogP contribution in [0.5, 0.6) is 5.75 Å². The van der Waals surface area contributed by atoms with Crippen molar-refractivity contribution in [2.24, 2.45) is 0 Å². The van der Waals surface area contributed by atoms with Crippen LogP contribution in [0, 0.1) is 10.1 Å². The number of hydrogen-bond acceptors (Lipinski definition) is 4. The zero-order chi connectivity index (χ0) is 15.2. The van der Waals surface area contributed by atoms with Gasteiger partial charge in [-0.05, 0) is 11.6 Å². The molecule has 2 rings (SSSR count). The van der Waals surface area contributed by atoms with E-state index in [1.165, 1.54) is 18.2 Å². The molecule has 0 aliphatic rings. The molecule has 0 spiro atoms. The van der Waals surface area contributed by atoms with Crippen molar-refractivity contribution in [3.05, 3.63) is 68.7 Å². The van der Waals surface area contributed by atoms with Crippen molar-refractivity contribution in [3.8, 4) is 5.75 Å². The maximum Gasteiger partial charge on any atom is 0.412 e. The molecule has 0 unspecified atom stereocenters. The summed E-state index contributed by atoms with van der Waals surface area (Å²) in [6, 6.07) is 13.3. The van der Waals surface area contributed by atoms with E-state index >= 15 is 0 Å². The molecule has 0 fully saturated rings. The highest BCUT2D eigenvalue weighted by atomic mass is 79.9. The predicted octanol–water partition coefficient (Wildman–Crippen LogP) is 3.65. The fourth-order valence-electron chi connectivity index (χ4n) is 1.63. The highest BCUT2D eigenvalue weighted by Crippen LogP contribution is 2.26. The van der Waals surface area contributed by atoms with Crippen molar-refractivity contribution in [2.75, 3.05) is 0 Å².